The van der Waals surface area contributed by atoms with Gasteiger partial charge in [-0.15, -0.1) is 17.8 Å². The summed E-state index contributed by atoms with van der Waals surface area (Å²) in [6, 6.07) is 10.1. The van der Waals surface area contributed by atoms with Gasteiger partial charge >= 0.3 is 0 Å². The molecule has 1 unspecified atom stereocenters. The summed E-state index contributed by atoms with van der Waals surface area (Å²) in [6.45, 7) is 0.294. The number of rotatable bonds is 4. The minimum absolute atomic E-state index is 0.208. The smallest absolute Gasteiger partial charge is 0.148 e. The lowest BCUT2D eigenvalue weighted by molar-refractivity contribution is 0.370. The molecule has 2 nitrogen and oxygen atoms in total. The van der Waals surface area contributed by atoms with Gasteiger partial charge in [0, 0.05) is 0 Å². The first-order valence-electron chi connectivity index (χ1n) is 6.74. The van der Waals surface area contributed by atoms with Crippen molar-refractivity contribution in [2.75, 3.05) is 6.61 Å². The first-order chi connectivity index (χ1) is 10.3. The van der Waals surface area contributed by atoms with Crippen molar-refractivity contribution in [2.24, 2.45) is 4.99 Å². The highest BCUT2D eigenvalue weighted by Crippen LogP contribution is 2.35. The number of hydrogen-bond donors (Lipinski definition) is 0. The molecule has 0 radical (unpaired) electrons. The lowest BCUT2D eigenvalue weighted by Gasteiger charge is -2.08. The van der Waals surface area contributed by atoms with Crippen LogP contribution in [-0.4, -0.2) is 12.3 Å². The zero-order valence-electron chi connectivity index (χ0n) is 11.4. The molecule has 2 aromatic rings. The molecular formula is C17H14ClNOS. The van der Waals surface area contributed by atoms with Gasteiger partial charge < -0.3 is 4.74 Å². The molecule has 1 aliphatic rings. The van der Waals surface area contributed by atoms with Crippen LogP contribution in [0.4, 0.5) is 0 Å². The van der Waals surface area contributed by atoms with Crippen LogP contribution in [0.1, 0.15) is 29.3 Å². The molecule has 2 heterocycles. The van der Waals surface area contributed by atoms with Gasteiger partial charge in [-0.25, -0.2) is 0 Å². The van der Waals surface area contributed by atoms with Crippen LogP contribution in [0.5, 0.6) is 5.75 Å². The van der Waals surface area contributed by atoms with E-state index >= 15 is 0 Å². The van der Waals surface area contributed by atoms with E-state index in [1.54, 1.807) is 11.3 Å². The van der Waals surface area contributed by atoms with E-state index < -0.39 is 0 Å². The summed E-state index contributed by atoms with van der Waals surface area (Å²) in [4.78, 5) is 5.93. The molecule has 0 saturated carbocycles. The summed E-state index contributed by atoms with van der Waals surface area (Å²) in [5, 5.41) is 2.81. The Morgan fingerprint density at radius 1 is 1.33 bits per heavy atom. The minimum Gasteiger partial charge on any atom is -0.481 e. The summed E-state index contributed by atoms with van der Waals surface area (Å²) >= 11 is 7.83. The van der Waals surface area contributed by atoms with Crippen LogP contribution in [0, 0.1) is 12.3 Å². The van der Waals surface area contributed by atoms with E-state index in [-0.39, 0.29) is 6.04 Å². The predicted molar refractivity (Wildman–Crippen MR) is 88.6 cm³/mol. The SMILES string of the molecule is C#CCOc1ccc(C2CCC(c3sccc3Cl)=N2)cc1. The Labute approximate surface area is 133 Å². The van der Waals surface area contributed by atoms with Crippen molar-refractivity contribution in [3.05, 3.63) is 51.2 Å². The van der Waals surface area contributed by atoms with Crippen molar-refractivity contribution in [3.63, 3.8) is 0 Å². The molecule has 0 spiro atoms. The van der Waals surface area contributed by atoms with Crippen molar-refractivity contribution < 1.29 is 4.74 Å². The standard InChI is InChI=1S/C17H14ClNOS/c1-2-10-20-13-5-3-12(4-6-13)15-7-8-16(19-15)17-14(18)9-11-21-17/h1,3-6,9,11,15H,7-8,10H2. The average molecular weight is 316 g/mol. The molecule has 1 atom stereocenters. The van der Waals surface area contributed by atoms with Crippen molar-refractivity contribution >= 4 is 28.6 Å². The number of hydrogen-bond acceptors (Lipinski definition) is 3. The van der Waals surface area contributed by atoms with Gasteiger partial charge in [0.15, 0.2) is 0 Å². The number of aliphatic imine (C=N–C) groups is 1. The second-order valence-electron chi connectivity index (χ2n) is 4.79. The van der Waals surface area contributed by atoms with Gasteiger partial charge in [-0.1, -0.05) is 29.7 Å². The van der Waals surface area contributed by atoms with Gasteiger partial charge in [0.05, 0.1) is 21.7 Å². The van der Waals surface area contributed by atoms with E-state index in [0.717, 1.165) is 34.2 Å². The number of benzene rings is 1. The molecule has 0 aliphatic carbocycles. The predicted octanol–water partition coefficient (Wildman–Crippen LogP) is 4.74. The lowest BCUT2D eigenvalue weighted by Crippen LogP contribution is -1.95. The largest absolute Gasteiger partial charge is 0.481 e. The molecule has 0 bridgehead atoms. The van der Waals surface area contributed by atoms with E-state index in [2.05, 4.69) is 18.1 Å². The summed E-state index contributed by atoms with van der Waals surface area (Å²) in [5.74, 6) is 3.25. The van der Waals surface area contributed by atoms with Crippen LogP contribution in [0.3, 0.4) is 0 Å². The third-order valence-corrected chi connectivity index (χ3v) is 4.82. The molecule has 0 fully saturated rings. The second kappa shape index (κ2) is 6.34. The van der Waals surface area contributed by atoms with Crippen LogP contribution < -0.4 is 4.74 Å². The van der Waals surface area contributed by atoms with Crippen molar-refractivity contribution in [2.45, 2.75) is 18.9 Å². The minimum atomic E-state index is 0.208. The van der Waals surface area contributed by atoms with Gasteiger partial charge in [0.25, 0.3) is 0 Å². The molecule has 1 aromatic heterocycles. The van der Waals surface area contributed by atoms with Crippen LogP contribution in [0.15, 0.2) is 40.7 Å². The third-order valence-electron chi connectivity index (χ3n) is 3.43. The molecule has 106 valence electrons. The molecule has 1 aliphatic heterocycles. The van der Waals surface area contributed by atoms with Gasteiger partial charge in [0.1, 0.15) is 12.4 Å². The first kappa shape index (κ1) is 14.2. The Balaban J connectivity index is 1.75. The van der Waals surface area contributed by atoms with Gasteiger partial charge in [0.2, 0.25) is 0 Å². The summed E-state index contributed by atoms with van der Waals surface area (Å²) in [5.41, 5.74) is 2.32. The molecule has 3 rings (SSSR count). The molecule has 0 amide bonds. The third kappa shape index (κ3) is 3.12. The molecule has 0 saturated heterocycles. The van der Waals surface area contributed by atoms with Crippen molar-refractivity contribution in [3.8, 4) is 18.1 Å². The maximum atomic E-state index is 6.18. The summed E-state index contributed by atoms with van der Waals surface area (Å²) < 4.78 is 5.38. The lowest BCUT2D eigenvalue weighted by atomic mass is 10.0. The molecule has 0 N–H and O–H groups in total. The fraction of sp³-hybridized carbons (Fsp3) is 0.235. The molecular weight excluding hydrogens is 302 g/mol. The maximum Gasteiger partial charge on any atom is 0.148 e. The number of halogens is 1. The molecule has 4 heteroatoms. The second-order valence-corrected chi connectivity index (χ2v) is 6.11. The van der Waals surface area contributed by atoms with Crippen LogP contribution >= 0.6 is 22.9 Å². The van der Waals surface area contributed by atoms with Crippen LogP contribution in [-0.2, 0) is 0 Å². The van der Waals surface area contributed by atoms with Gasteiger partial charge in [-0.05, 0) is 42.0 Å². The quantitative estimate of drug-likeness (QED) is 0.747. The van der Waals surface area contributed by atoms with Crippen molar-refractivity contribution in [1.29, 1.82) is 0 Å². The average Bonchev–Trinajstić information content (AvgIpc) is 3.14. The molecule has 1 aromatic carbocycles. The van der Waals surface area contributed by atoms with E-state index in [1.807, 2.05) is 23.6 Å². The number of thiophene rings is 1. The number of ether oxygens (including phenoxy) is 1. The number of nitrogens with zero attached hydrogens (tertiary/aromatic N) is 1. The molecule has 21 heavy (non-hydrogen) atoms. The first-order valence-corrected chi connectivity index (χ1v) is 8.00. The summed E-state index contributed by atoms with van der Waals surface area (Å²) in [7, 11) is 0. The fourth-order valence-electron chi connectivity index (χ4n) is 2.41. The normalized spacial score (nSPS) is 17.3. The highest BCUT2D eigenvalue weighted by atomic mass is 35.5. The van der Waals surface area contributed by atoms with Crippen LogP contribution in [0.25, 0.3) is 0 Å². The van der Waals surface area contributed by atoms with E-state index in [9.17, 15) is 0 Å². The van der Waals surface area contributed by atoms with Gasteiger partial charge in [-0.2, -0.15) is 0 Å². The van der Waals surface area contributed by atoms with E-state index in [1.165, 1.54) is 5.56 Å². The number of terminal acetylenes is 1. The fourth-order valence-corrected chi connectivity index (χ4v) is 3.61. The zero-order chi connectivity index (χ0) is 14.7. The van der Waals surface area contributed by atoms with Crippen LogP contribution in [0.2, 0.25) is 5.02 Å². The highest BCUT2D eigenvalue weighted by Gasteiger charge is 2.22. The monoisotopic (exact) mass is 315 g/mol. The summed E-state index contributed by atoms with van der Waals surface area (Å²) in [6.07, 6.45) is 7.17. The Hall–Kier alpha value is -1.76. The Kier molecular flexibility index (Phi) is 4.28. The highest BCUT2D eigenvalue weighted by molar-refractivity contribution is 7.12. The van der Waals surface area contributed by atoms with E-state index in [4.69, 9.17) is 27.8 Å². The Morgan fingerprint density at radius 3 is 2.81 bits per heavy atom. The van der Waals surface area contributed by atoms with Crippen molar-refractivity contribution in [1.82, 2.24) is 0 Å². The van der Waals surface area contributed by atoms with E-state index in [0.29, 0.717) is 6.61 Å². The Morgan fingerprint density at radius 2 is 2.14 bits per heavy atom. The maximum absolute atomic E-state index is 6.18. The van der Waals surface area contributed by atoms with Gasteiger partial charge in [-0.3, -0.25) is 4.99 Å². The Bertz CT molecular complexity index is 696. The topological polar surface area (TPSA) is 21.6 Å². The zero-order valence-corrected chi connectivity index (χ0v) is 13.0.